The quantitative estimate of drug-likeness (QED) is 0.492. The molecule has 0 fully saturated rings. The van der Waals surface area contributed by atoms with Crippen LogP contribution in [0.5, 0.6) is 0 Å². The summed E-state index contributed by atoms with van der Waals surface area (Å²) >= 11 is 3.09. The molecule has 2 rings (SSSR count). The minimum Gasteiger partial charge on any atom is -0.308 e. The molecule has 0 unspecified atom stereocenters. The number of hydrogen-bond acceptors (Lipinski definition) is 7. The highest BCUT2D eigenvalue weighted by Gasteiger charge is 2.02. The minimum absolute atomic E-state index is 0.673. The Labute approximate surface area is 102 Å². The Morgan fingerprint density at radius 3 is 3.12 bits per heavy atom. The zero-order chi connectivity index (χ0) is 11.4. The molecule has 0 aliphatic heterocycles. The smallest absolute Gasteiger partial charge is 0.170 e. The van der Waals surface area contributed by atoms with Crippen LogP contribution in [-0.2, 0) is 5.75 Å². The lowest BCUT2D eigenvalue weighted by atomic mass is 10.3. The third kappa shape index (κ3) is 2.91. The van der Waals surface area contributed by atoms with Crippen molar-refractivity contribution in [3.05, 3.63) is 29.7 Å². The van der Waals surface area contributed by atoms with Crippen LogP contribution in [0.1, 0.15) is 11.4 Å². The molecule has 0 spiro atoms. The molecular formula is C9H11N5S2. The predicted octanol–water partition coefficient (Wildman–Crippen LogP) is 1.82. The van der Waals surface area contributed by atoms with Crippen molar-refractivity contribution in [2.75, 3.05) is 5.43 Å². The Bertz CT molecular complexity index is 470. The Kier molecular flexibility index (Phi) is 3.70. The second kappa shape index (κ2) is 5.24. The molecule has 16 heavy (non-hydrogen) atoms. The molecule has 0 radical (unpaired) electrons. The molecular weight excluding hydrogens is 242 g/mol. The Morgan fingerprint density at radius 1 is 1.56 bits per heavy atom. The SMILES string of the molecule is Cc1nsc(SCc2ccnc(NN)c2)n1. The Balaban J connectivity index is 1.99. The van der Waals surface area contributed by atoms with Gasteiger partial charge in [-0.3, -0.25) is 0 Å². The van der Waals surface area contributed by atoms with Gasteiger partial charge in [0.05, 0.1) is 0 Å². The first-order valence-corrected chi connectivity index (χ1v) is 6.38. The first-order chi connectivity index (χ1) is 7.78. The Morgan fingerprint density at radius 2 is 2.44 bits per heavy atom. The molecule has 2 aromatic rings. The van der Waals surface area contributed by atoms with Crippen LogP contribution in [0, 0.1) is 6.92 Å². The maximum Gasteiger partial charge on any atom is 0.170 e. The molecule has 0 saturated carbocycles. The monoisotopic (exact) mass is 253 g/mol. The fourth-order valence-corrected chi connectivity index (χ4v) is 2.71. The zero-order valence-corrected chi connectivity index (χ0v) is 10.3. The zero-order valence-electron chi connectivity index (χ0n) is 8.67. The summed E-state index contributed by atoms with van der Waals surface area (Å²) in [7, 11) is 0. The average Bonchev–Trinajstić information content (AvgIpc) is 2.73. The summed E-state index contributed by atoms with van der Waals surface area (Å²) in [5, 5.41) is 0. The summed E-state index contributed by atoms with van der Waals surface area (Å²) in [6, 6.07) is 3.88. The van der Waals surface area contributed by atoms with Crippen LogP contribution in [0.4, 0.5) is 5.82 Å². The number of aryl methyl sites for hydroxylation is 1. The lowest BCUT2D eigenvalue weighted by molar-refractivity contribution is 1.10. The molecule has 0 aliphatic carbocycles. The third-order valence-electron chi connectivity index (χ3n) is 1.84. The van der Waals surface area contributed by atoms with Gasteiger partial charge in [0.1, 0.15) is 11.6 Å². The number of aromatic nitrogens is 3. The molecule has 0 saturated heterocycles. The standard InChI is InChI=1S/C9H11N5S2/c1-6-12-9(16-14-6)15-5-7-2-3-11-8(4-7)13-10/h2-4H,5,10H2,1H3,(H,11,13). The molecule has 0 amide bonds. The summed E-state index contributed by atoms with van der Waals surface area (Å²) in [6.45, 7) is 1.89. The van der Waals surface area contributed by atoms with E-state index in [1.807, 2.05) is 19.1 Å². The number of anilines is 1. The molecule has 7 heteroatoms. The van der Waals surface area contributed by atoms with Crippen molar-refractivity contribution in [2.45, 2.75) is 17.0 Å². The van der Waals surface area contributed by atoms with Gasteiger partial charge in [0, 0.05) is 11.9 Å². The van der Waals surface area contributed by atoms with Crippen LogP contribution < -0.4 is 11.3 Å². The van der Waals surface area contributed by atoms with Crippen LogP contribution in [0.2, 0.25) is 0 Å². The highest BCUT2D eigenvalue weighted by atomic mass is 32.2. The molecule has 5 nitrogen and oxygen atoms in total. The number of hydrogen-bond donors (Lipinski definition) is 2. The number of rotatable bonds is 4. The highest BCUT2D eigenvalue weighted by molar-refractivity contribution is 8.00. The normalized spacial score (nSPS) is 10.4. The van der Waals surface area contributed by atoms with E-state index in [0.29, 0.717) is 5.82 Å². The van der Waals surface area contributed by atoms with Crippen molar-refractivity contribution in [1.29, 1.82) is 0 Å². The molecule has 2 heterocycles. The largest absolute Gasteiger partial charge is 0.308 e. The number of nitrogens with one attached hydrogen (secondary N) is 1. The van der Waals surface area contributed by atoms with Crippen LogP contribution in [-0.4, -0.2) is 14.3 Å². The average molecular weight is 253 g/mol. The second-order valence-corrected chi connectivity index (χ2v) is 5.06. The van der Waals surface area contributed by atoms with Gasteiger partial charge in [-0.05, 0) is 36.2 Å². The summed E-state index contributed by atoms with van der Waals surface area (Å²) in [5.74, 6) is 7.63. The van der Waals surface area contributed by atoms with Crippen LogP contribution in [0.3, 0.4) is 0 Å². The van der Waals surface area contributed by atoms with E-state index in [9.17, 15) is 0 Å². The van der Waals surface area contributed by atoms with Crippen molar-refractivity contribution in [2.24, 2.45) is 5.84 Å². The third-order valence-corrected chi connectivity index (χ3v) is 3.84. The summed E-state index contributed by atoms with van der Waals surface area (Å²) in [4.78, 5) is 8.33. The number of nitrogen functional groups attached to an aromatic ring is 1. The van der Waals surface area contributed by atoms with Gasteiger partial charge in [0.15, 0.2) is 4.34 Å². The number of nitrogens with two attached hydrogens (primary N) is 1. The Hall–Kier alpha value is -1.18. The maximum atomic E-state index is 5.29. The van der Waals surface area contributed by atoms with Gasteiger partial charge >= 0.3 is 0 Å². The van der Waals surface area contributed by atoms with E-state index in [0.717, 1.165) is 21.5 Å². The molecule has 0 aromatic carbocycles. The second-order valence-electron chi connectivity index (χ2n) is 3.09. The molecule has 0 bridgehead atoms. The lowest BCUT2D eigenvalue weighted by Crippen LogP contribution is -2.08. The van der Waals surface area contributed by atoms with Crippen LogP contribution in [0.25, 0.3) is 0 Å². The molecule has 0 atom stereocenters. The number of hydrazine groups is 1. The fourth-order valence-electron chi connectivity index (χ4n) is 1.12. The topological polar surface area (TPSA) is 76.7 Å². The van der Waals surface area contributed by atoms with E-state index in [2.05, 4.69) is 19.8 Å². The highest BCUT2D eigenvalue weighted by Crippen LogP contribution is 2.24. The van der Waals surface area contributed by atoms with E-state index in [-0.39, 0.29) is 0 Å². The van der Waals surface area contributed by atoms with Crippen LogP contribution in [0.15, 0.2) is 22.7 Å². The summed E-state index contributed by atoms with van der Waals surface area (Å²) in [6.07, 6.45) is 1.73. The van der Waals surface area contributed by atoms with Gasteiger partial charge in [-0.1, -0.05) is 11.8 Å². The van der Waals surface area contributed by atoms with Gasteiger partial charge in [0.25, 0.3) is 0 Å². The van der Waals surface area contributed by atoms with Gasteiger partial charge in [0.2, 0.25) is 0 Å². The maximum absolute atomic E-state index is 5.29. The van der Waals surface area contributed by atoms with E-state index >= 15 is 0 Å². The van der Waals surface area contributed by atoms with Gasteiger partial charge in [-0.15, -0.1) is 0 Å². The summed E-state index contributed by atoms with van der Waals surface area (Å²) in [5.41, 5.74) is 3.68. The predicted molar refractivity (Wildman–Crippen MR) is 66.3 cm³/mol. The van der Waals surface area contributed by atoms with Crippen molar-refractivity contribution in [3.63, 3.8) is 0 Å². The van der Waals surface area contributed by atoms with Crippen molar-refractivity contribution in [1.82, 2.24) is 14.3 Å². The van der Waals surface area contributed by atoms with E-state index in [4.69, 9.17) is 5.84 Å². The lowest BCUT2D eigenvalue weighted by Gasteiger charge is -2.01. The molecule has 2 aromatic heterocycles. The molecule has 84 valence electrons. The van der Waals surface area contributed by atoms with Crippen molar-refractivity contribution >= 4 is 29.1 Å². The van der Waals surface area contributed by atoms with Crippen molar-refractivity contribution in [3.8, 4) is 0 Å². The molecule has 0 aliphatic rings. The van der Waals surface area contributed by atoms with Gasteiger partial charge < -0.3 is 5.43 Å². The minimum atomic E-state index is 0.673. The fraction of sp³-hybridized carbons (Fsp3) is 0.222. The first kappa shape index (κ1) is 11.3. The van der Waals surface area contributed by atoms with E-state index in [1.54, 1.807) is 18.0 Å². The van der Waals surface area contributed by atoms with Gasteiger partial charge in [-0.25, -0.2) is 15.8 Å². The summed E-state index contributed by atoms with van der Waals surface area (Å²) < 4.78 is 5.11. The van der Waals surface area contributed by atoms with Crippen LogP contribution >= 0.6 is 23.3 Å². The number of pyridine rings is 1. The van der Waals surface area contributed by atoms with E-state index in [1.165, 1.54) is 11.5 Å². The number of thioether (sulfide) groups is 1. The molecule has 3 N–H and O–H groups in total. The van der Waals surface area contributed by atoms with Gasteiger partial charge in [-0.2, -0.15) is 4.37 Å². The first-order valence-electron chi connectivity index (χ1n) is 4.62. The van der Waals surface area contributed by atoms with E-state index < -0.39 is 0 Å². The number of nitrogens with zero attached hydrogens (tertiary/aromatic N) is 3. The van der Waals surface area contributed by atoms with Crippen molar-refractivity contribution < 1.29 is 0 Å².